The third-order valence-corrected chi connectivity index (χ3v) is 7.94. The molecule has 0 aliphatic carbocycles. The monoisotopic (exact) mass is 552 g/mol. The fourth-order valence-electron chi connectivity index (χ4n) is 5.94. The number of ether oxygens (including phenoxy) is 2. The molecular weight excluding hydrogens is 519 g/mol. The Hall–Kier alpha value is -4.00. The summed E-state index contributed by atoms with van der Waals surface area (Å²) in [5.74, 6) is 1.43. The SMILES string of the molecule is COC(=O)N1CCC(n2ncc3c(N4C5CCC4COC5)nc(-c4ccc(NC(=O)NCCF)cc4)nc32)CC1. The minimum Gasteiger partial charge on any atom is -0.453 e. The van der Waals surface area contributed by atoms with Gasteiger partial charge in [0, 0.05) is 30.9 Å². The molecule has 3 fully saturated rings. The Labute approximate surface area is 230 Å². The van der Waals surface area contributed by atoms with Gasteiger partial charge in [0.2, 0.25) is 0 Å². The lowest BCUT2D eigenvalue weighted by atomic mass is 10.1. The van der Waals surface area contributed by atoms with E-state index in [0.29, 0.717) is 37.8 Å². The van der Waals surface area contributed by atoms with Gasteiger partial charge in [-0.05, 0) is 49.9 Å². The van der Waals surface area contributed by atoms with Crippen molar-refractivity contribution >= 4 is 34.7 Å². The van der Waals surface area contributed by atoms with Gasteiger partial charge in [-0.15, -0.1) is 0 Å². The molecule has 2 bridgehead atoms. The van der Waals surface area contributed by atoms with Crippen molar-refractivity contribution in [2.45, 2.75) is 43.8 Å². The number of aromatic nitrogens is 4. The minimum absolute atomic E-state index is 0.0422. The third kappa shape index (κ3) is 5.01. The number of alkyl halides is 1. The first-order chi connectivity index (χ1) is 19.6. The molecule has 212 valence electrons. The molecule has 3 amide bonds. The standard InChI is InChI=1S/C27H33FN8O4/c1-39-27(38)34-12-8-19(9-13-34)36-25-22(14-30-36)24(35-20-6-7-21(35)16-40-15-20)32-23(33-25)17-2-4-18(5-3-17)31-26(37)29-11-10-28/h2-5,14,19-21H,6-13,15-16H2,1H3,(H2,29,31,37). The van der Waals surface area contributed by atoms with E-state index >= 15 is 0 Å². The van der Waals surface area contributed by atoms with Gasteiger partial charge in [-0.3, -0.25) is 0 Å². The number of nitrogens with one attached hydrogen (secondary N) is 2. The lowest BCUT2D eigenvalue weighted by molar-refractivity contribution is 0.0904. The number of benzene rings is 1. The summed E-state index contributed by atoms with van der Waals surface area (Å²) in [4.78, 5) is 38.1. The fraction of sp³-hybridized carbons (Fsp3) is 0.519. The predicted octanol–water partition coefficient (Wildman–Crippen LogP) is 3.36. The predicted molar refractivity (Wildman–Crippen MR) is 146 cm³/mol. The van der Waals surface area contributed by atoms with Crippen molar-refractivity contribution in [2.75, 3.05) is 56.8 Å². The highest BCUT2D eigenvalue weighted by molar-refractivity contribution is 5.91. The Bertz CT molecular complexity index is 1360. The number of halogens is 1. The topological polar surface area (TPSA) is 127 Å². The molecule has 5 heterocycles. The maximum Gasteiger partial charge on any atom is 0.409 e. The molecule has 13 heteroatoms. The maximum atomic E-state index is 12.4. The average Bonchev–Trinajstić information content (AvgIpc) is 3.52. The summed E-state index contributed by atoms with van der Waals surface area (Å²) in [6.07, 6.45) is 5.14. The molecule has 2 N–H and O–H groups in total. The Kier molecular flexibility index (Phi) is 7.37. The van der Waals surface area contributed by atoms with Gasteiger partial charge < -0.3 is 29.9 Å². The van der Waals surface area contributed by atoms with Crippen molar-refractivity contribution in [1.82, 2.24) is 30.0 Å². The normalized spacial score (nSPS) is 21.1. The van der Waals surface area contributed by atoms with E-state index in [1.807, 2.05) is 23.0 Å². The number of urea groups is 1. The van der Waals surface area contributed by atoms with E-state index < -0.39 is 12.7 Å². The van der Waals surface area contributed by atoms with Gasteiger partial charge in [0.25, 0.3) is 0 Å². The van der Waals surface area contributed by atoms with Crippen molar-refractivity contribution in [3.8, 4) is 11.4 Å². The summed E-state index contributed by atoms with van der Waals surface area (Å²) in [6.45, 7) is 1.85. The van der Waals surface area contributed by atoms with Crippen LogP contribution in [-0.2, 0) is 9.47 Å². The summed E-state index contributed by atoms with van der Waals surface area (Å²) in [5, 5.41) is 10.8. The smallest absolute Gasteiger partial charge is 0.409 e. The van der Waals surface area contributed by atoms with Crippen LogP contribution in [0.25, 0.3) is 22.4 Å². The van der Waals surface area contributed by atoms with Gasteiger partial charge in [0.15, 0.2) is 11.5 Å². The summed E-state index contributed by atoms with van der Waals surface area (Å²) in [5.41, 5.74) is 2.14. The molecule has 3 aliphatic heterocycles. The molecule has 0 spiro atoms. The molecule has 1 aromatic carbocycles. The van der Waals surface area contributed by atoms with E-state index in [1.54, 1.807) is 17.0 Å². The van der Waals surface area contributed by atoms with Crippen molar-refractivity contribution < 1.29 is 23.5 Å². The molecule has 2 atom stereocenters. The second-order valence-electron chi connectivity index (χ2n) is 10.4. The summed E-state index contributed by atoms with van der Waals surface area (Å²) in [7, 11) is 1.40. The number of amides is 3. The molecule has 0 saturated carbocycles. The van der Waals surface area contributed by atoms with Gasteiger partial charge in [-0.2, -0.15) is 5.10 Å². The highest BCUT2D eigenvalue weighted by Gasteiger charge is 2.40. The highest BCUT2D eigenvalue weighted by atomic mass is 19.1. The van der Waals surface area contributed by atoms with Crippen molar-refractivity contribution in [3.63, 3.8) is 0 Å². The van der Waals surface area contributed by atoms with Crippen LogP contribution in [0.1, 0.15) is 31.7 Å². The Morgan fingerprint density at radius 2 is 1.77 bits per heavy atom. The summed E-state index contributed by atoms with van der Waals surface area (Å²) < 4.78 is 25.1. The number of likely N-dealkylation sites (tertiary alicyclic amines) is 1. The van der Waals surface area contributed by atoms with Crippen LogP contribution < -0.4 is 15.5 Å². The molecular formula is C27H33FN8O4. The molecule has 40 heavy (non-hydrogen) atoms. The summed E-state index contributed by atoms with van der Waals surface area (Å²) in [6, 6.07) is 7.40. The second-order valence-corrected chi connectivity index (χ2v) is 10.4. The first kappa shape index (κ1) is 26.2. The highest BCUT2D eigenvalue weighted by Crippen LogP contribution is 2.38. The van der Waals surface area contributed by atoms with Crippen molar-refractivity contribution in [2.24, 2.45) is 0 Å². The number of anilines is 2. The second kappa shape index (κ2) is 11.2. The molecule has 2 unspecified atom stereocenters. The largest absolute Gasteiger partial charge is 0.453 e. The number of hydrogen-bond donors (Lipinski definition) is 2. The van der Waals surface area contributed by atoms with E-state index in [1.165, 1.54) is 7.11 Å². The Morgan fingerprint density at radius 1 is 1.05 bits per heavy atom. The molecule has 2 aromatic heterocycles. The molecule has 0 radical (unpaired) electrons. The number of piperidine rings is 1. The van der Waals surface area contributed by atoms with E-state index in [2.05, 4.69) is 15.5 Å². The number of nitrogens with zero attached hydrogens (tertiary/aromatic N) is 6. The fourth-order valence-corrected chi connectivity index (χ4v) is 5.94. The number of methoxy groups -OCH3 is 1. The third-order valence-electron chi connectivity index (χ3n) is 7.94. The molecule has 3 aromatic rings. The number of fused-ring (bicyclic) bond motifs is 3. The summed E-state index contributed by atoms with van der Waals surface area (Å²) >= 11 is 0. The zero-order valence-corrected chi connectivity index (χ0v) is 22.4. The number of hydrogen-bond acceptors (Lipinski definition) is 8. The van der Waals surface area contributed by atoms with Gasteiger partial charge in [0.1, 0.15) is 12.5 Å². The van der Waals surface area contributed by atoms with E-state index in [0.717, 1.165) is 48.1 Å². The van der Waals surface area contributed by atoms with Crippen LogP contribution in [0.2, 0.25) is 0 Å². The molecule has 3 saturated heterocycles. The lowest BCUT2D eigenvalue weighted by Gasteiger charge is -2.36. The Morgan fingerprint density at radius 3 is 2.45 bits per heavy atom. The van der Waals surface area contributed by atoms with Crippen LogP contribution in [0.5, 0.6) is 0 Å². The van der Waals surface area contributed by atoms with Gasteiger partial charge in [-0.25, -0.2) is 28.6 Å². The maximum absolute atomic E-state index is 12.4. The quantitative estimate of drug-likeness (QED) is 0.477. The van der Waals surface area contributed by atoms with E-state index in [-0.39, 0.29) is 30.8 Å². The van der Waals surface area contributed by atoms with Gasteiger partial charge in [0.05, 0.1) is 50.0 Å². The van der Waals surface area contributed by atoms with Crippen molar-refractivity contribution in [1.29, 1.82) is 0 Å². The zero-order chi connectivity index (χ0) is 27.6. The van der Waals surface area contributed by atoms with E-state index in [9.17, 15) is 14.0 Å². The number of morpholine rings is 1. The first-order valence-electron chi connectivity index (χ1n) is 13.7. The van der Waals surface area contributed by atoms with Crippen LogP contribution in [-0.4, -0.2) is 95.5 Å². The molecule has 6 rings (SSSR count). The van der Waals surface area contributed by atoms with Crippen molar-refractivity contribution in [3.05, 3.63) is 30.5 Å². The Balaban J connectivity index is 1.34. The van der Waals surface area contributed by atoms with Gasteiger partial charge >= 0.3 is 12.1 Å². The van der Waals surface area contributed by atoms with Crippen LogP contribution in [0.15, 0.2) is 30.5 Å². The number of rotatable bonds is 6. The minimum atomic E-state index is -0.625. The number of carbonyl (C=O) groups is 2. The van der Waals surface area contributed by atoms with Gasteiger partial charge in [-0.1, -0.05) is 0 Å². The molecule has 12 nitrogen and oxygen atoms in total. The zero-order valence-electron chi connectivity index (χ0n) is 22.4. The molecule has 3 aliphatic rings. The lowest BCUT2D eigenvalue weighted by Crippen LogP contribution is -2.46. The first-order valence-corrected chi connectivity index (χ1v) is 13.7. The van der Waals surface area contributed by atoms with E-state index in [4.69, 9.17) is 24.5 Å². The van der Waals surface area contributed by atoms with Crippen LogP contribution in [0, 0.1) is 0 Å². The van der Waals surface area contributed by atoms with Crippen LogP contribution in [0.3, 0.4) is 0 Å². The van der Waals surface area contributed by atoms with Crippen LogP contribution >= 0.6 is 0 Å². The number of carbonyl (C=O) groups excluding carboxylic acids is 2. The van der Waals surface area contributed by atoms with Crippen LogP contribution in [0.4, 0.5) is 25.5 Å². The average molecular weight is 553 g/mol.